The van der Waals surface area contributed by atoms with Crippen molar-refractivity contribution in [2.45, 2.75) is 44.3 Å². The van der Waals surface area contributed by atoms with Crippen molar-refractivity contribution in [3.8, 4) is 0 Å². The summed E-state index contributed by atoms with van der Waals surface area (Å²) < 4.78 is 11.2. The number of benzene rings is 1. The number of carbonyl (C=O) groups is 1. The lowest BCUT2D eigenvalue weighted by Crippen LogP contribution is -2.32. The first-order chi connectivity index (χ1) is 9.75. The average Bonchev–Trinajstić information content (AvgIpc) is 3.10. The third-order valence-electron chi connectivity index (χ3n) is 5.37. The molecule has 106 valence electrons. The van der Waals surface area contributed by atoms with Crippen LogP contribution in [0.25, 0.3) is 0 Å². The van der Waals surface area contributed by atoms with Gasteiger partial charge in [0.1, 0.15) is 5.60 Å². The molecule has 2 bridgehead atoms. The molecule has 3 aliphatic rings. The molecule has 3 atom stereocenters. The normalized spacial score (nSPS) is 37.4. The molecule has 1 aromatic carbocycles. The topological polar surface area (TPSA) is 38.8 Å². The van der Waals surface area contributed by atoms with Gasteiger partial charge in [-0.2, -0.15) is 0 Å². The van der Waals surface area contributed by atoms with Crippen LogP contribution in [0.15, 0.2) is 24.3 Å². The summed E-state index contributed by atoms with van der Waals surface area (Å²) in [6.45, 7) is 2.29. The molecule has 1 heterocycles. The highest BCUT2D eigenvalue weighted by Gasteiger charge is 2.71. The van der Waals surface area contributed by atoms with Crippen LogP contribution in [0.5, 0.6) is 0 Å². The maximum Gasteiger partial charge on any atom is 0.338 e. The van der Waals surface area contributed by atoms with Crippen molar-refractivity contribution in [3.63, 3.8) is 0 Å². The van der Waals surface area contributed by atoms with Crippen LogP contribution in [-0.4, -0.2) is 24.3 Å². The van der Waals surface area contributed by atoms with Crippen molar-refractivity contribution in [2.75, 3.05) is 6.61 Å². The molecule has 4 rings (SSSR count). The van der Waals surface area contributed by atoms with Gasteiger partial charge in [0, 0.05) is 0 Å². The van der Waals surface area contributed by atoms with Gasteiger partial charge in [-0.25, -0.2) is 4.79 Å². The standard InChI is InChI=1S/C17H20O3/c1-2-19-16(18)15-17(20-15)13-7-8-14(17)10-12-6-4-3-5-11(12)9-13/h3-6,13-15H,2,7-10H2,1H3. The number of rotatable bonds is 2. The molecule has 1 saturated heterocycles. The van der Waals surface area contributed by atoms with Gasteiger partial charge in [-0.3, -0.25) is 0 Å². The van der Waals surface area contributed by atoms with E-state index in [2.05, 4.69) is 24.3 Å². The minimum absolute atomic E-state index is 0.157. The first kappa shape index (κ1) is 12.4. The Hall–Kier alpha value is -1.35. The molecule has 2 fully saturated rings. The molecule has 2 aliphatic carbocycles. The van der Waals surface area contributed by atoms with Crippen LogP contribution in [0.4, 0.5) is 0 Å². The second kappa shape index (κ2) is 4.32. The highest BCUT2D eigenvalue weighted by atomic mass is 16.7. The van der Waals surface area contributed by atoms with Crippen LogP contribution >= 0.6 is 0 Å². The molecule has 3 nitrogen and oxygen atoms in total. The number of esters is 1. The predicted octanol–water partition coefficient (Wildman–Crippen LogP) is 2.51. The van der Waals surface area contributed by atoms with Gasteiger partial charge in [-0.15, -0.1) is 0 Å². The van der Waals surface area contributed by atoms with E-state index in [0.29, 0.717) is 18.4 Å². The quantitative estimate of drug-likeness (QED) is 0.613. The third-order valence-corrected chi connectivity index (χ3v) is 5.37. The van der Waals surface area contributed by atoms with Crippen molar-refractivity contribution in [2.24, 2.45) is 11.8 Å². The van der Waals surface area contributed by atoms with Gasteiger partial charge in [0.05, 0.1) is 6.61 Å². The molecule has 3 unspecified atom stereocenters. The predicted molar refractivity (Wildman–Crippen MR) is 74.3 cm³/mol. The van der Waals surface area contributed by atoms with Gasteiger partial charge in [-0.1, -0.05) is 24.3 Å². The van der Waals surface area contributed by atoms with Gasteiger partial charge in [0.2, 0.25) is 0 Å². The summed E-state index contributed by atoms with van der Waals surface area (Å²) in [4.78, 5) is 12.0. The SMILES string of the molecule is CCOC(=O)C1OC12C1CCC2Cc2ccccc2C1. The van der Waals surface area contributed by atoms with Crippen LogP contribution in [-0.2, 0) is 27.1 Å². The van der Waals surface area contributed by atoms with Crippen LogP contribution in [0, 0.1) is 11.8 Å². The zero-order valence-electron chi connectivity index (χ0n) is 11.8. The molecule has 1 aliphatic heterocycles. The van der Waals surface area contributed by atoms with Gasteiger partial charge in [-0.05, 0) is 55.6 Å². The first-order valence-corrected chi connectivity index (χ1v) is 7.67. The molecule has 0 aromatic heterocycles. The number of ether oxygens (including phenoxy) is 2. The van der Waals surface area contributed by atoms with E-state index in [-0.39, 0.29) is 17.7 Å². The van der Waals surface area contributed by atoms with Crippen LogP contribution in [0.2, 0.25) is 0 Å². The van der Waals surface area contributed by atoms with E-state index in [1.807, 2.05) is 6.92 Å². The zero-order chi connectivity index (χ0) is 13.7. The molecule has 0 amide bonds. The largest absolute Gasteiger partial charge is 0.464 e. The molecular formula is C17H20O3. The Kier molecular flexibility index (Phi) is 2.68. The lowest BCUT2D eigenvalue weighted by molar-refractivity contribution is -0.144. The Morgan fingerprint density at radius 2 is 1.85 bits per heavy atom. The Balaban J connectivity index is 1.64. The molecular weight excluding hydrogens is 252 g/mol. The number of hydrogen-bond donors (Lipinski definition) is 0. The van der Waals surface area contributed by atoms with E-state index in [4.69, 9.17) is 9.47 Å². The van der Waals surface area contributed by atoms with Crippen molar-refractivity contribution in [1.82, 2.24) is 0 Å². The van der Waals surface area contributed by atoms with Crippen molar-refractivity contribution < 1.29 is 14.3 Å². The van der Waals surface area contributed by atoms with Gasteiger partial charge in [0.15, 0.2) is 6.10 Å². The summed E-state index contributed by atoms with van der Waals surface area (Å²) in [7, 11) is 0. The first-order valence-electron chi connectivity index (χ1n) is 7.67. The Labute approximate surface area is 119 Å². The number of carbonyl (C=O) groups excluding carboxylic acids is 1. The fourth-order valence-electron chi connectivity index (χ4n) is 4.44. The van der Waals surface area contributed by atoms with Crippen molar-refractivity contribution in [3.05, 3.63) is 35.4 Å². The maximum absolute atomic E-state index is 12.0. The van der Waals surface area contributed by atoms with E-state index >= 15 is 0 Å². The van der Waals surface area contributed by atoms with Crippen LogP contribution in [0.3, 0.4) is 0 Å². The lowest BCUT2D eigenvalue weighted by atomic mass is 9.84. The van der Waals surface area contributed by atoms with Gasteiger partial charge >= 0.3 is 5.97 Å². The number of epoxide rings is 1. The number of hydrogen-bond acceptors (Lipinski definition) is 3. The van der Waals surface area contributed by atoms with Crippen molar-refractivity contribution >= 4 is 5.97 Å². The smallest absolute Gasteiger partial charge is 0.338 e. The number of fused-ring (bicyclic) bond motifs is 1. The summed E-state index contributed by atoms with van der Waals surface area (Å²) in [6.07, 6.45) is 4.13. The fourth-order valence-corrected chi connectivity index (χ4v) is 4.44. The Morgan fingerprint density at radius 1 is 1.25 bits per heavy atom. The minimum atomic E-state index is -0.311. The van der Waals surface area contributed by atoms with E-state index in [1.54, 1.807) is 0 Å². The Bertz CT molecular complexity index is 518. The summed E-state index contributed by atoms with van der Waals surface area (Å²) >= 11 is 0. The summed E-state index contributed by atoms with van der Waals surface area (Å²) in [6, 6.07) is 8.68. The van der Waals surface area contributed by atoms with E-state index < -0.39 is 0 Å². The highest BCUT2D eigenvalue weighted by Crippen LogP contribution is 2.60. The van der Waals surface area contributed by atoms with Gasteiger partial charge in [0.25, 0.3) is 0 Å². The molecule has 20 heavy (non-hydrogen) atoms. The average molecular weight is 272 g/mol. The molecule has 1 saturated carbocycles. The van der Waals surface area contributed by atoms with Crippen molar-refractivity contribution in [1.29, 1.82) is 0 Å². The third kappa shape index (κ3) is 1.59. The molecule has 1 spiro atoms. The molecule has 1 aromatic rings. The summed E-state index contributed by atoms with van der Waals surface area (Å²) in [5.41, 5.74) is 2.67. The van der Waals surface area contributed by atoms with Crippen LogP contribution < -0.4 is 0 Å². The Morgan fingerprint density at radius 3 is 2.40 bits per heavy atom. The minimum Gasteiger partial charge on any atom is -0.464 e. The molecule has 3 heteroatoms. The summed E-state index contributed by atoms with van der Waals surface area (Å²) in [5, 5.41) is 0. The second-order valence-electron chi connectivity index (χ2n) is 6.25. The van der Waals surface area contributed by atoms with Gasteiger partial charge < -0.3 is 9.47 Å². The zero-order valence-corrected chi connectivity index (χ0v) is 11.8. The maximum atomic E-state index is 12.0. The van der Waals surface area contributed by atoms with E-state index in [1.165, 1.54) is 24.0 Å². The van der Waals surface area contributed by atoms with E-state index in [9.17, 15) is 4.79 Å². The lowest BCUT2D eigenvalue weighted by Gasteiger charge is -2.18. The molecule has 0 radical (unpaired) electrons. The summed E-state index contributed by atoms with van der Waals surface area (Å²) in [5.74, 6) is 0.798. The van der Waals surface area contributed by atoms with E-state index in [0.717, 1.165) is 12.8 Å². The monoisotopic (exact) mass is 272 g/mol. The highest BCUT2D eigenvalue weighted by molar-refractivity contribution is 5.80. The fraction of sp³-hybridized carbons (Fsp3) is 0.588. The van der Waals surface area contributed by atoms with Crippen LogP contribution in [0.1, 0.15) is 30.9 Å². The molecule has 0 N–H and O–H groups in total. The second-order valence-corrected chi connectivity index (χ2v) is 6.25.